The number of rotatable bonds is 5. The second-order valence-corrected chi connectivity index (χ2v) is 7.84. The second kappa shape index (κ2) is 8.61. The molecule has 2 heterocycles. The molecule has 148 valence electrons. The minimum absolute atomic E-state index is 0.153. The Morgan fingerprint density at radius 1 is 1.00 bits per heavy atom. The van der Waals surface area contributed by atoms with Crippen LogP contribution >= 0.6 is 15.9 Å². The van der Waals surface area contributed by atoms with E-state index in [1.807, 2.05) is 55.5 Å². The predicted octanol–water partition coefficient (Wildman–Crippen LogP) is 5.14. The van der Waals surface area contributed by atoms with Crippen molar-refractivity contribution in [3.05, 3.63) is 70.5 Å². The molecule has 0 bridgehead atoms. The molecule has 0 aliphatic carbocycles. The molecule has 1 fully saturated rings. The Labute approximate surface area is 178 Å². The van der Waals surface area contributed by atoms with Gasteiger partial charge in [-0.1, -0.05) is 12.1 Å². The molecule has 7 heteroatoms. The zero-order chi connectivity index (χ0) is 20.2. The summed E-state index contributed by atoms with van der Waals surface area (Å²) in [7, 11) is 0. The lowest BCUT2D eigenvalue weighted by Crippen LogP contribution is -2.19. The lowest BCUT2D eigenvalue weighted by molar-refractivity contribution is 0.102. The van der Waals surface area contributed by atoms with Gasteiger partial charge in [0, 0.05) is 35.0 Å². The van der Waals surface area contributed by atoms with Crippen molar-refractivity contribution in [2.45, 2.75) is 19.8 Å². The minimum Gasteiger partial charge on any atom is -0.356 e. The van der Waals surface area contributed by atoms with Crippen molar-refractivity contribution in [2.24, 2.45) is 0 Å². The molecular formula is C22H22BrN5O. The molecule has 1 saturated heterocycles. The number of nitrogens with zero attached hydrogens (tertiary/aromatic N) is 3. The van der Waals surface area contributed by atoms with Crippen LogP contribution in [0.2, 0.25) is 0 Å². The third-order valence-corrected chi connectivity index (χ3v) is 5.48. The third-order valence-electron chi connectivity index (χ3n) is 4.79. The molecule has 0 spiro atoms. The number of nitrogens with one attached hydrogen (secondary N) is 2. The molecule has 29 heavy (non-hydrogen) atoms. The van der Waals surface area contributed by atoms with E-state index in [2.05, 4.69) is 41.4 Å². The normalized spacial score (nSPS) is 13.4. The van der Waals surface area contributed by atoms with E-state index in [1.54, 1.807) is 6.07 Å². The minimum atomic E-state index is -0.153. The Balaban J connectivity index is 1.45. The largest absolute Gasteiger partial charge is 0.356 e. The fourth-order valence-corrected chi connectivity index (χ4v) is 3.82. The maximum absolute atomic E-state index is 12.4. The molecule has 1 aromatic heterocycles. The Kier molecular flexibility index (Phi) is 5.76. The molecule has 2 N–H and O–H groups in total. The fraction of sp³-hybridized carbons (Fsp3) is 0.227. The van der Waals surface area contributed by atoms with Crippen LogP contribution in [0, 0.1) is 6.92 Å². The average Bonchev–Trinajstić information content (AvgIpc) is 3.24. The van der Waals surface area contributed by atoms with E-state index >= 15 is 0 Å². The van der Waals surface area contributed by atoms with Gasteiger partial charge in [0.05, 0.1) is 5.56 Å². The number of benzene rings is 2. The van der Waals surface area contributed by atoms with Crippen LogP contribution in [-0.4, -0.2) is 29.0 Å². The van der Waals surface area contributed by atoms with Gasteiger partial charge in [0.25, 0.3) is 5.91 Å². The van der Waals surface area contributed by atoms with Crippen molar-refractivity contribution in [3.8, 4) is 0 Å². The molecule has 4 rings (SSSR count). The molecule has 0 atom stereocenters. The summed E-state index contributed by atoms with van der Waals surface area (Å²) in [5.41, 5.74) is 2.22. The van der Waals surface area contributed by atoms with Crippen molar-refractivity contribution in [1.82, 2.24) is 9.97 Å². The zero-order valence-electron chi connectivity index (χ0n) is 16.2. The maximum atomic E-state index is 12.4. The van der Waals surface area contributed by atoms with Crippen LogP contribution in [0.1, 0.15) is 29.0 Å². The Morgan fingerprint density at radius 2 is 1.69 bits per heavy atom. The van der Waals surface area contributed by atoms with Crippen LogP contribution in [0.15, 0.2) is 59.1 Å². The standard InChI is InChI=1S/C22H22BrN5O/c1-15-24-20(14-21(25-15)28-12-4-5-13-28)26-16-8-10-17(11-9-16)27-22(29)18-6-2-3-7-19(18)23/h2-3,6-11,14H,4-5,12-13H2,1H3,(H,27,29)(H,24,25,26). The first kappa shape index (κ1) is 19.4. The SMILES string of the molecule is Cc1nc(Nc2ccc(NC(=O)c3ccccc3Br)cc2)cc(N2CCCC2)n1. The average molecular weight is 452 g/mol. The van der Waals surface area contributed by atoms with Crippen LogP contribution in [0.4, 0.5) is 23.0 Å². The van der Waals surface area contributed by atoms with E-state index in [4.69, 9.17) is 0 Å². The van der Waals surface area contributed by atoms with E-state index < -0.39 is 0 Å². The topological polar surface area (TPSA) is 70.2 Å². The number of hydrogen-bond donors (Lipinski definition) is 2. The highest BCUT2D eigenvalue weighted by Gasteiger charge is 2.15. The number of halogens is 1. The van der Waals surface area contributed by atoms with Gasteiger partial charge in [-0.15, -0.1) is 0 Å². The van der Waals surface area contributed by atoms with E-state index in [0.29, 0.717) is 5.56 Å². The van der Waals surface area contributed by atoms with E-state index in [-0.39, 0.29) is 5.91 Å². The number of amides is 1. The van der Waals surface area contributed by atoms with Crippen molar-refractivity contribution in [1.29, 1.82) is 0 Å². The second-order valence-electron chi connectivity index (χ2n) is 6.99. The summed E-state index contributed by atoms with van der Waals surface area (Å²) in [5, 5.41) is 6.25. The highest BCUT2D eigenvalue weighted by molar-refractivity contribution is 9.10. The zero-order valence-corrected chi connectivity index (χ0v) is 17.7. The molecule has 0 saturated carbocycles. The van der Waals surface area contributed by atoms with Crippen molar-refractivity contribution >= 4 is 44.8 Å². The Hall–Kier alpha value is -2.93. The van der Waals surface area contributed by atoms with Crippen LogP contribution in [-0.2, 0) is 0 Å². The number of anilines is 4. The van der Waals surface area contributed by atoms with Crippen LogP contribution in [0.3, 0.4) is 0 Å². The summed E-state index contributed by atoms with van der Waals surface area (Å²) in [4.78, 5) is 23.8. The number of aryl methyl sites for hydroxylation is 1. The van der Waals surface area contributed by atoms with Gasteiger partial charge >= 0.3 is 0 Å². The van der Waals surface area contributed by atoms with Gasteiger partial charge in [-0.25, -0.2) is 9.97 Å². The maximum Gasteiger partial charge on any atom is 0.256 e. The first-order chi connectivity index (χ1) is 14.1. The summed E-state index contributed by atoms with van der Waals surface area (Å²) >= 11 is 3.41. The van der Waals surface area contributed by atoms with E-state index in [9.17, 15) is 4.79 Å². The van der Waals surface area contributed by atoms with Gasteiger partial charge in [0.1, 0.15) is 17.5 Å². The van der Waals surface area contributed by atoms with Crippen molar-refractivity contribution < 1.29 is 4.79 Å². The van der Waals surface area contributed by atoms with Crippen molar-refractivity contribution in [3.63, 3.8) is 0 Å². The highest BCUT2D eigenvalue weighted by atomic mass is 79.9. The molecule has 1 aliphatic heterocycles. The Morgan fingerprint density at radius 3 is 2.41 bits per heavy atom. The molecular weight excluding hydrogens is 430 g/mol. The molecule has 1 aliphatic rings. The first-order valence-electron chi connectivity index (χ1n) is 9.62. The third kappa shape index (κ3) is 4.74. The number of carbonyl (C=O) groups is 1. The van der Waals surface area contributed by atoms with Gasteiger partial charge < -0.3 is 15.5 Å². The lowest BCUT2D eigenvalue weighted by Gasteiger charge is -2.18. The van der Waals surface area contributed by atoms with Gasteiger partial charge in [0.2, 0.25) is 0 Å². The highest BCUT2D eigenvalue weighted by Crippen LogP contribution is 2.24. The summed E-state index contributed by atoms with van der Waals surface area (Å²) in [6.07, 6.45) is 2.41. The van der Waals surface area contributed by atoms with E-state index in [0.717, 1.165) is 46.4 Å². The molecule has 6 nitrogen and oxygen atoms in total. The van der Waals surface area contributed by atoms with Crippen LogP contribution in [0.5, 0.6) is 0 Å². The van der Waals surface area contributed by atoms with Gasteiger partial charge in [-0.2, -0.15) is 0 Å². The monoisotopic (exact) mass is 451 g/mol. The first-order valence-corrected chi connectivity index (χ1v) is 10.4. The van der Waals surface area contributed by atoms with Gasteiger partial charge in [0.15, 0.2) is 0 Å². The number of hydrogen-bond acceptors (Lipinski definition) is 5. The van der Waals surface area contributed by atoms with Gasteiger partial charge in [-0.05, 0) is 72.1 Å². The molecule has 2 aromatic carbocycles. The molecule has 1 amide bonds. The molecule has 3 aromatic rings. The van der Waals surface area contributed by atoms with Crippen LogP contribution < -0.4 is 15.5 Å². The van der Waals surface area contributed by atoms with Gasteiger partial charge in [-0.3, -0.25) is 4.79 Å². The summed E-state index contributed by atoms with van der Waals surface area (Å²) in [5.74, 6) is 2.33. The van der Waals surface area contributed by atoms with E-state index in [1.165, 1.54) is 12.8 Å². The van der Waals surface area contributed by atoms with Crippen LogP contribution in [0.25, 0.3) is 0 Å². The quantitative estimate of drug-likeness (QED) is 0.561. The summed E-state index contributed by atoms with van der Waals surface area (Å²) in [6.45, 7) is 3.99. The number of aromatic nitrogens is 2. The van der Waals surface area contributed by atoms with Crippen molar-refractivity contribution in [2.75, 3.05) is 28.6 Å². The fourth-order valence-electron chi connectivity index (χ4n) is 3.35. The summed E-state index contributed by atoms with van der Waals surface area (Å²) in [6, 6.07) is 16.9. The molecule has 0 unspecified atom stereocenters. The number of carbonyl (C=O) groups excluding carboxylic acids is 1. The Bertz CT molecular complexity index is 1020. The summed E-state index contributed by atoms with van der Waals surface area (Å²) < 4.78 is 0.767. The lowest BCUT2D eigenvalue weighted by atomic mass is 10.2. The smallest absolute Gasteiger partial charge is 0.256 e. The molecule has 0 radical (unpaired) electrons. The predicted molar refractivity (Wildman–Crippen MR) is 120 cm³/mol.